The largest absolute Gasteiger partial charge is 0.442 e. The molecule has 0 aromatic heterocycles. The molecule has 0 bridgehead atoms. The summed E-state index contributed by atoms with van der Waals surface area (Å²) < 4.78 is 10.2. The van der Waals surface area contributed by atoms with Gasteiger partial charge < -0.3 is 31.2 Å². The van der Waals surface area contributed by atoms with Crippen LogP contribution in [-0.4, -0.2) is 57.9 Å². The Kier molecular flexibility index (Phi) is 6.59. The topological polar surface area (TPSA) is 197 Å². The molecule has 6 unspecified atom stereocenters. The normalized spacial score (nSPS) is 37.5. The van der Waals surface area contributed by atoms with Crippen LogP contribution in [0.15, 0.2) is 0 Å². The lowest BCUT2D eigenvalue weighted by Gasteiger charge is -2.37. The van der Waals surface area contributed by atoms with Gasteiger partial charge in [0, 0.05) is 37.8 Å². The molecule has 2 rings (SSSR count). The fourth-order valence-corrected chi connectivity index (χ4v) is 3.59. The molecule has 26 heavy (non-hydrogen) atoms. The predicted molar refractivity (Wildman–Crippen MR) is 90.9 cm³/mol. The van der Waals surface area contributed by atoms with Gasteiger partial charge in [-0.2, -0.15) is 0 Å². The van der Waals surface area contributed by atoms with Gasteiger partial charge in [-0.05, 0) is 25.7 Å². The molecule has 0 radical (unpaired) electrons. The lowest BCUT2D eigenvalue weighted by Crippen LogP contribution is -2.56. The first-order chi connectivity index (χ1) is 12.0. The Hall–Kier alpha value is -1.30. The molecule has 2 saturated carbocycles. The van der Waals surface area contributed by atoms with E-state index in [1.54, 1.807) is 0 Å². The molecule has 0 spiro atoms. The van der Waals surface area contributed by atoms with E-state index in [1.807, 2.05) is 0 Å². The van der Waals surface area contributed by atoms with Crippen molar-refractivity contribution in [2.75, 3.05) is 0 Å². The van der Waals surface area contributed by atoms with Gasteiger partial charge in [0.1, 0.15) is 0 Å². The van der Waals surface area contributed by atoms with E-state index in [9.17, 15) is 19.8 Å². The number of aliphatic hydroxyl groups excluding tert-OH is 2. The molecule has 10 heteroatoms. The molecular weight excluding hydrogens is 344 g/mol. The zero-order chi connectivity index (χ0) is 19.5. The maximum Gasteiger partial charge on any atom is 0.340 e. The van der Waals surface area contributed by atoms with Crippen LogP contribution in [0.4, 0.5) is 0 Å². The van der Waals surface area contributed by atoms with Crippen molar-refractivity contribution in [3.05, 3.63) is 0 Å². The van der Waals surface area contributed by atoms with E-state index in [4.69, 9.17) is 32.4 Å². The van der Waals surface area contributed by atoms with Crippen LogP contribution in [0.2, 0.25) is 0 Å². The summed E-state index contributed by atoms with van der Waals surface area (Å²) in [6.45, 7) is 0. The lowest BCUT2D eigenvalue weighted by molar-refractivity contribution is -0.193. The first-order valence-electron chi connectivity index (χ1n) is 8.94. The molecule has 2 fully saturated rings. The van der Waals surface area contributed by atoms with Crippen molar-refractivity contribution in [2.45, 2.75) is 87.1 Å². The number of hydrogen-bond donors (Lipinski definition) is 6. The third kappa shape index (κ3) is 5.35. The molecule has 2 aliphatic carbocycles. The van der Waals surface area contributed by atoms with Crippen LogP contribution in [0.25, 0.3) is 0 Å². The van der Waals surface area contributed by atoms with Crippen molar-refractivity contribution < 1.29 is 29.3 Å². The lowest BCUT2D eigenvalue weighted by atomic mass is 9.88. The highest BCUT2D eigenvalue weighted by Gasteiger charge is 2.42. The van der Waals surface area contributed by atoms with Crippen LogP contribution in [-0.2, 0) is 19.1 Å². The number of rotatable bonds is 5. The minimum Gasteiger partial charge on any atom is -0.442 e. The SMILES string of the molecule is NC1CCCC(N)(OC(=O)C(O)C(O)C(=O)OC2(N)CCCC(N)C2)C1. The van der Waals surface area contributed by atoms with Gasteiger partial charge in [-0.1, -0.05) is 0 Å². The van der Waals surface area contributed by atoms with E-state index in [2.05, 4.69) is 0 Å². The first kappa shape index (κ1) is 21.0. The Morgan fingerprint density at radius 1 is 0.846 bits per heavy atom. The minimum atomic E-state index is -2.14. The highest BCUT2D eigenvalue weighted by atomic mass is 16.6. The Labute approximate surface area is 152 Å². The van der Waals surface area contributed by atoms with E-state index in [1.165, 1.54) is 0 Å². The van der Waals surface area contributed by atoms with Gasteiger partial charge in [-0.15, -0.1) is 0 Å². The van der Waals surface area contributed by atoms with E-state index in [0.717, 1.165) is 12.8 Å². The van der Waals surface area contributed by atoms with Crippen LogP contribution >= 0.6 is 0 Å². The summed E-state index contributed by atoms with van der Waals surface area (Å²) in [4.78, 5) is 24.2. The van der Waals surface area contributed by atoms with Crippen LogP contribution in [0.5, 0.6) is 0 Å². The van der Waals surface area contributed by atoms with Crippen LogP contribution in [0.1, 0.15) is 51.4 Å². The van der Waals surface area contributed by atoms with Crippen LogP contribution < -0.4 is 22.9 Å². The molecule has 0 amide bonds. The van der Waals surface area contributed by atoms with Crippen LogP contribution in [0.3, 0.4) is 0 Å². The van der Waals surface area contributed by atoms with Crippen LogP contribution in [0, 0.1) is 0 Å². The maximum absolute atomic E-state index is 12.1. The van der Waals surface area contributed by atoms with E-state index < -0.39 is 35.6 Å². The molecule has 0 aromatic rings. The number of ether oxygens (including phenoxy) is 2. The zero-order valence-electron chi connectivity index (χ0n) is 14.8. The number of carbonyl (C=O) groups is 2. The number of hydrogen-bond acceptors (Lipinski definition) is 10. The van der Waals surface area contributed by atoms with Gasteiger partial charge in [0.25, 0.3) is 0 Å². The molecule has 150 valence electrons. The molecule has 10 N–H and O–H groups in total. The van der Waals surface area contributed by atoms with Gasteiger partial charge in [0.05, 0.1) is 0 Å². The number of carbonyl (C=O) groups excluding carboxylic acids is 2. The molecule has 2 aliphatic rings. The molecule has 0 aromatic carbocycles. The second-order valence-corrected chi connectivity index (χ2v) is 7.57. The fraction of sp³-hybridized carbons (Fsp3) is 0.875. The van der Waals surface area contributed by atoms with Gasteiger partial charge in [-0.25, -0.2) is 9.59 Å². The third-order valence-corrected chi connectivity index (χ3v) is 4.95. The monoisotopic (exact) mass is 374 g/mol. The summed E-state index contributed by atoms with van der Waals surface area (Å²) in [5, 5.41) is 19.9. The Morgan fingerprint density at radius 2 is 1.19 bits per heavy atom. The number of nitrogens with two attached hydrogens (primary N) is 4. The summed E-state index contributed by atoms with van der Waals surface area (Å²) in [5.41, 5.74) is 20.9. The van der Waals surface area contributed by atoms with E-state index in [-0.39, 0.29) is 24.9 Å². The molecule has 6 atom stereocenters. The summed E-state index contributed by atoms with van der Waals surface area (Å²) in [7, 11) is 0. The average molecular weight is 374 g/mol. The predicted octanol–water partition coefficient (Wildman–Crippen LogP) is -2.09. The molecule has 0 aliphatic heterocycles. The van der Waals surface area contributed by atoms with Crippen molar-refractivity contribution in [1.82, 2.24) is 0 Å². The van der Waals surface area contributed by atoms with Crippen molar-refractivity contribution in [1.29, 1.82) is 0 Å². The third-order valence-electron chi connectivity index (χ3n) is 4.95. The smallest absolute Gasteiger partial charge is 0.340 e. The van der Waals surface area contributed by atoms with Crippen molar-refractivity contribution >= 4 is 11.9 Å². The summed E-state index contributed by atoms with van der Waals surface area (Å²) in [5.74, 6) is -2.42. The Bertz CT molecular complexity index is 489. The summed E-state index contributed by atoms with van der Waals surface area (Å²) in [6.07, 6.45) is -0.200. The van der Waals surface area contributed by atoms with Gasteiger partial charge >= 0.3 is 11.9 Å². The Balaban J connectivity index is 1.91. The highest BCUT2D eigenvalue weighted by molar-refractivity contribution is 5.85. The molecule has 0 heterocycles. The Morgan fingerprint density at radius 3 is 1.50 bits per heavy atom. The highest BCUT2D eigenvalue weighted by Crippen LogP contribution is 2.28. The van der Waals surface area contributed by atoms with Gasteiger partial charge in [0.15, 0.2) is 23.7 Å². The van der Waals surface area contributed by atoms with Crippen molar-refractivity contribution in [3.63, 3.8) is 0 Å². The maximum atomic E-state index is 12.1. The molecule has 10 nitrogen and oxygen atoms in total. The molecular formula is C16H30N4O6. The summed E-state index contributed by atoms with van der Waals surface area (Å²) in [6, 6.07) is -0.442. The standard InChI is InChI=1S/C16H30N4O6/c17-9-3-1-5-15(19,7-9)25-13(23)11(21)12(22)14(24)26-16(20)6-2-4-10(18)8-16/h9-12,21-22H,1-8,17-20H2. The fourth-order valence-electron chi connectivity index (χ4n) is 3.59. The van der Waals surface area contributed by atoms with Gasteiger partial charge in [0.2, 0.25) is 0 Å². The number of aliphatic hydroxyl groups is 2. The number of esters is 2. The molecule has 0 saturated heterocycles. The first-order valence-corrected chi connectivity index (χ1v) is 8.94. The average Bonchev–Trinajstić information content (AvgIpc) is 2.51. The minimum absolute atomic E-state index is 0.221. The van der Waals surface area contributed by atoms with Crippen molar-refractivity contribution in [2.24, 2.45) is 22.9 Å². The summed E-state index contributed by atoms with van der Waals surface area (Å²) >= 11 is 0. The second-order valence-electron chi connectivity index (χ2n) is 7.57. The quantitative estimate of drug-likeness (QED) is 0.229. The van der Waals surface area contributed by atoms with Gasteiger partial charge in [-0.3, -0.25) is 11.5 Å². The van der Waals surface area contributed by atoms with Crippen molar-refractivity contribution in [3.8, 4) is 0 Å². The zero-order valence-corrected chi connectivity index (χ0v) is 14.8. The van der Waals surface area contributed by atoms with E-state index >= 15 is 0 Å². The van der Waals surface area contributed by atoms with E-state index in [0.29, 0.717) is 25.7 Å². The second kappa shape index (κ2) is 8.15.